The lowest BCUT2D eigenvalue weighted by Gasteiger charge is -2.23. The fourth-order valence-corrected chi connectivity index (χ4v) is 2.84. The van der Waals surface area contributed by atoms with Crippen molar-refractivity contribution in [2.45, 2.75) is 64.4 Å². The fourth-order valence-electron chi connectivity index (χ4n) is 2.84. The van der Waals surface area contributed by atoms with Crippen molar-refractivity contribution < 1.29 is 19.8 Å². The van der Waals surface area contributed by atoms with Crippen molar-refractivity contribution in [1.29, 1.82) is 0 Å². The smallest absolute Gasteiger partial charge is 0.303 e. The molecule has 4 nitrogen and oxygen atoms in total. The second-order valence-corrected chi connectivity index (χ2v) is 5.65. The van der Waals surface area contributed by atoms with Gasteiger partial charge in [-0.25, -0.2) is 0 Å². The Kier molecular flexibility index (Phi) is 7.52. The van der Waals surface area contributed by atoms with Crippen molar-refractivity contribution in [1.82, 2.24) is 0 Å². The van der Waals surface area contributed by atoms with Crippen LogP contribution in [-0.4, -0.2) is 28.1 Å². The number of aliphatic carboxylic acids is 1. The number of allylic oxidation sites excluding steroid dienone is 2. The van der Waals surface area contributed by atoms with Gasteiger partial charge in [-0.05, 0) is 31.3 Å². The molecular formula is C16H26O4. The molecule has 0 aromatic rings. The van der Waals surface area contributed by atoms with E-state index >= 15 is 0 Å². The largest absolute Gasteiger partial charge is 0.481 e. The second-order valence-electron chi connectivity index (χ2n) is 5.65. The van der Waals surface area contributed by atoms with E-state index in [0.29, 0.717) is 12.8 Å². The number of hydrogen-bond acceptors (Lipinski definition) is 3. The number of aliphatic hydroxyl groups excluding tert-OH is 1. The van der Waals surface area contributed by atoms with E-state index in [9.17, 15) is 14.7 Å². The summed E-state index contributed by atoms with van der Waals surface area (Å²) in [7, 11) is 0. The summed E-state index contributed by atoms with van der Waals surface area (Å²) in [6, 6.07) is 0. The summed E-state index contributed by atoms with van der Waals surface area (Å²) in [5.74, 6) is -0.831. The minimum absolute atomic E-state index is 0.0455. The highest BCUT2D eigenvalue weighted by Crippen LogP contribution is 2.31. The summed E-state index contributed by atoms with van der Waals surface area (Å²) in [5.41, 5.74) is 0. The van der Waals surface area contributed by atoms with Crippen LogP contribution in [-0.2, 0) is 9.59 Å². The Balaban J connectivity index is 2.31. The number of carboxylic acids is 1. The van der Waals surface area contributed by atoms with Crippen LogP contribution >= 0.6 is 0 Å². The zero-order chi connectivity index (χ0) is 15.0. The van der Waals surface area contributed by atoms with Crippen LogP contribution in [0.15, 0.2) is 12.2 Å². The zero-order valence-corrected chi connectivity index (χ0v) is 12.3. The lowest BCUT2D eigenvalue weighted by Crippen LogP contribution is -2.30. The molecular weight excluding hydrogens is 256 g/mol. The zero-order valence-electron chi connectivity index (χ0n) is 12.3. The van der Waals surface area contributed by atoms with Crippen LogP contribution in [0.1, 0.15) is 58.3 Å². The van der Waals surface area contributed by atoms with Crippen LogP contribution in [0.3, 0.4) is 0 Å². The molecule has 0 saturated heterocycles. The molecule has 0 aromatic heterocycles. The van der Waals surface area contributed by atoms with Crippen LogP contribution in [0.4, 0.5) is 0 Å². The molecule has 0 saturated carbocycles. The summed E-state index contributed by atoms with van der Waals surface area (Å²) in [6.45, 7) is 2.12. The second kappa shape index (κ2) is 8.90. The van der Waals surface area contributed by atoms with Gasteiger partial charge in [-0.2, -0.15) is 0 Å². The predicted octanol–water partition coefficient (Wildman–Crippen LogP) is 2.94. The SMILES string of the molecule is CCCCC1C=CC(=O)C1C(O)CCCCCC(=O)O. The number of unbranched alkanes of at least 4 members (excludes halogenated alkanes) is 3. The molecule has 114 valence electrons. The molecule has 0 radical (unpaired) electrons. The first-order valence-corrected chi connectivity index (χ1v) is 7.68. The van der Waals surface area contributed by atoms with E-state index in [1.807, 2.05) is 6.08 Å². The Morgan fingerprint density at radius 2 is 2.05 bits per heavy atom. The molecule has 1 rings (SSSR count). The van der Waals surface area contributed by atoms with Gasteiger partial charge in [0.2, 0.25) is 0 Å². The number of carbonyl (C=O) groups excluding carboxylic acids is 1. The molecule has 0 bridgehead atoms. The van der Waals surface area contributed by atoms with E-state index in [2.05, 4.69) is 6.92 Å². The number of ketones is 1. The van der Waals surface area contributed by atoms with Gasteiger partial charge in [0.25, 0.3) is 0 Å². The first-order valence-electron chi connectivity index (χ1n) is 7.68. The molecule has 4 heteroatoms. The normalized spacial score (nSPS) is 23.2. The van der Waals surface area contributed by atoms with Crippen molar-refractivity contribution in [3.63, 3.8) is 0 Å². The van der Waals surface area contributed by atoms with Gasteiger partial charge in [0.1, 0.15) is 0 Å². The highest BCUT2D eigenvalue weighted by molar-refractivity contribution is 5.95. The minimum Gasteiger partial charge on any atom is -0.481 e. The number of hydrogen-bond donors (Lipinski definition) is 2. The maximum Gasteiger partial charge on any atom is 0.303 e. The summed E-state index contributed by atoms with van der Waals surface area (Å²) < 4.78 is 0. The number of carbonyl (C=O) groups is 2. The number of rotatable bonds is 10. The third-order valence-electron chi connectivity index (χ3n) is 3.99. The first-order chi connectivity index (χ1) is 9.56. The lowest BCUT2D eigenvalue weighted by atomic mass is 9.84. The van der Waals surface area contributed by atoms with Gasteiger partial charge < -0.3 is 10.2 Å². The van der Waals surface area contributed by atoms with E-state index in [-0.39, 0.29) is 24.0 Å². The minimum atomic E-state index is -0.777. The third kappa shape index (κ3) is 5.45. The first kappa shape index (κ1) is 16.9. The van der Waals surface area contributed by atoms with Crippen molar-refractivity contribution in [2.24, 2.45) is 11.8 Å². The summed E-state index contributed by atoms with van der Waals surface area (Å²) >= 11 is 0. The average Bonchev–Trinajstić information content (AvgIpc) is 2.76. The van der Waals surface area contributed by atoms with Crippen LogP contribution in [0.5, 0.6) is 0 Å². The maximum atomic E-state index is 11.8. The average molecular weight is 282 g/mol. The number of carboxylic acid groups (broad SMARTS) is 1. The van der Waals surface area contributed by atoms with E-state index in [0.717, 1.165) is 32.1 Å². The maximum absolute atomic E-state index is 11.8. The van der Waals surface area contributed by atoms with Crippen LogP contribution in [0.2, 0.25) is 0 Å². The molecule has 1 aliphatic rings. The van der Waals surface area contributed by atoms with Crippen LogP contribution < -0.4 is 0 Å². The fraction of sp³-hybridized carbons (Fsp3) is 0.750. The van der Waals surface area contributed by atoms with Crippen molar-refractivity contribution in [3.8, 4) is 0 Å². The Hall–Kier alpha value is -1.16. The monoisotopic (exact) mass is 282 g/mol. The highest BCUT2D eigenvalue weighted by atomic mass is 16.4. The Labute approximate surface area is 120 Å². The van der Waals surface area contributed by atoms with Gasteiger partial charge in [0, 0.05) is 6.42 Å². The molecule has 3 unspecified atom stereocenters. The Morgan fingerprint density at radius 1 is 1.30 bits per heavy atom. The van der Waals surface area contributed by atoms with E-state index in [4.69, 9.17) is 5.11 Å². The van der Waals surface area contributed by atoms with E-state index < -0.39 is 12.1 Å². The summed E-state index contributed by atoms with van der Waals surface area (Å²) in [4.78, 5) is 22.2. The van der Waals surface area contributed by atoms with Crippen LogP contribution in [0.25, 0.3) is 0 Å². The molecule has 0 aliphatic heterocycles. The highest BCUT2D eigenvalue weighted by Gasteiger charge is 2.34. The topological polar surface area (TPSA) is 74.6 Å². The molecule has 0 spiro atoms. The third-order valence-corrected chi connectivity index (χ3v) is 3.99. The molecule has 2 N–H and O–H groups in total. The standard InChI is InChI=1S/C16H26O4/c1-2-3-7-12-10-11-14(18)16(12)13(17)8-5-4-6-9-15(19)20/h10-13,16-17H,2-9H2,1H3,(H,19,20). The molecule has 3 atom stereocenters. The quantitative estimate of drug-likeness (QED) is 0.604. The van der Waals surface area contributed by atoms with Crippen molar-refractivity contribution >= 4 is 11.8 Å². The summed E-state index contributed by atoms with van der Waals surface area (Å²) in [6.07, 6.45) is 9.05. The van der Waals surface area contributed by atoms with Gasteiger partial charge >= 0.3 is 5.97 Å². The van der Waals surface area contributed by atoms with Crippen molar-refractivity contribution in [3.05, 3.63) is 12.2 Å². The predicted molar refractivity (Wildman–Crippen MR) is 77.4 cm³/mol. The van der Waals surface area contributed by atoms with Gasteiger partial charge in [-0.3, -0.25) is 9.59 Å². The molecule has 0 amide bonds. The van der Waals surface area contributed by atoms with Gasteiger partial charge in [-0.15, -0.1) is 0 Å². The van der Waals surface area contributed by atoms with Gasteiger partial charge in [0.05, 0.1) is 12.0 Å². The molecule has 0 aromatic carbocycles. The van der Waals surface area contributed by atoms with Crippen molar-refractivity contribution in [2.75, 3.05) is 0 Å². The number of aliphatic hydroxyl groups is 1. The van der Waals surface area contributed by atoms with E-state index in [1.165, 1.54) is 0 Å². The Morgan fingerprint density at radius 3 is 2.70 bits per heavy atom. The molecule has 0 fully saturated rings. The van der Waals surface area contributed by atoms with E-state index in [1.54, 1.807) is 6.08 Å². The Bertz CT molecular complexity index is 348. The van der Waals surface area contributed by atoms with Gasteiger partial charge in [-0.1, -0.05) is 38.7 Å². The molecule has 20 heavy (non-hydrogen) atoms. The molecule has 1 aliphatic carbocycles. The van der Waals surface area contributed by atoms with Crippen LogP contribution in [0, 0.1) is 11.8 Å². The van der Waals surface area contributed by atoms with Gasteiger partial charge in [0.15, 0.2) is 5.78 Å². The summed E-state index contributed by atoms with van der Waals surface area (Å²) in [5, 5.41) is 18.8. The molecule has 0 heterocycles. The lowest BCUT2D eigenvalue weighted by molar-refractivity contribution is -0.137.